The zero-order valence-electron chi connectivity index (χ0n) is 18.4. The fourth-order valence-electron chi connectivity index (χ4n) is 4.09. The Bertz CT molecular complexity index is 1040. The Morgan fingerprint density at radius 1 is 1.09 bits per heavy atom. The molecule has 1 saturated heterocycles. The molecule has 2 aromatic carbocycles. The first-order valence-electron chi connectivity index (χ1n) is 10.7. The van der Waals surface area contributed by atoms with Gasteiger partial charge in [0.2, 0.25) is 15.9 Å². The Hall–Kier alpha value is -1.80. The zero-order chi connectivity index (χ0) is 23.3. The summed E-state index contributed by atoms with van der Waals surface area (Å²) in [4.78, 5) is 15.5. The van der Waals surface area contributed by atoms with Gasteiger partial charge >= 0.3 is 0 Å². The summed E-state index contributed by atoms with van der Waals surface area (Å²) in [7, 11) is -3.77. The first kappa shape index (κ1) is 24.8. The largest absolute Gasteiger partial charge is 0.350 e. The summed E-state index contributed by atoms with van der Waals surface area (Å²) in [5.74, 6) is -0.370. The van der Waals surface area contributed by atoms with Crippen LogP contribution < -0.4 is 9.62 Å². The molecule has 1 aliphatic heterocycles. The highest BCUT2D eigenvalue weighted by Gasteiger charge is 2.32. The Kier molecular flexibility index (Phi) is 8.44. The summed E-state index contributed by atoms with van der Waals surface area (Å²) >= 11 is 12.2. The van der Waals surface area contributed by atoms with Crippen molar-refractivity contribution < 1.29 is 13.2 Å². The lowest BCUT2D eigenvalue weighted by Crippen LogP contribution is -2.49. The Morgan fingerprint density at radius 3 is 2.25 bits per heavy atom. The van der Waals surface area contributed by atoms with Crippen LogP contribution in [0.2, 0.25) is 10.0 Å². The van der Waals surface area contributed by atoms with Gasteiger partial charge in [0.05, 0.1) is 11.9 Å². The van der Waals surface area contributed by atoms with Gasteiger partial charge in [-0.15, -0.1) is 0 Å². The SMILES string of the molecule is CC[C@H](C(=O)NCc1ccccc1CN1CCCC1)N(c1cc(Cl)cc(Cl)c1)S(C)(=O)=O. The van der Waals surface area contributed by atoms with Crippen molar-refractivity contribution in [1.29, 1.82) is 0 Å². The van der Waals surface area contributed by atoms with E-state index < -0.39 is 16.1 Å². The second kappa shape index (κ2) is 10.9. The fraction of sp³-hybridized carbons (Fsp3) is 0.435. The third-order valence-corrected chi connectivity index (χ3v) is 7.21. The van der Waals surface area contributed by atoms with Crippen molar-refractivity contribution in [3.05, 3.63) is 63.6 Å². The molecule has 2 aromatic rings. The molecule has 0 spiro atoms. The van der Waals surface area contributed by atoms with Crippen molar-refractivity contribution in [2.24, 2.45) is 0 Å². The Morgan fingerprint density at radius 2 is 1.69 bits per heavy atom. The molecule has 0 aromatic heterocycles. The van der Waals surface area contributed by atoms with Crippen LogP contribution in [0.4, 0.5) is 5.69 Å². The minimum atomic E-state index is -3.77. The van der Waals surface area contributed by atoms with Crippen LogP contribution in [0.1, 0.15) is 37.3 Å². The van der Waals surface area contributed by atoms with Gasteiger partial charge in [0, 0.05) is 23.1 Å². The van der Waals surface area contributed by atoms with Crippen molar-refractivity contribution in [2.75, 3.05) is 23.7 Å². The standard InChI is InChI=1S/C23H29Cl2N3O3S/c1-3-22(28(32(2,30)31)21-13-19(24)12-20(25)14-21)23(29)26-15-17-8-4-5-9-18(17)16-27-10-6-7-11-27/h4-5,8-9,12-14,22H,3,6-7,10-11,15-16H2,1-2H3,(H,26,29)/t22-/m1/s1. The maximum atomic E-state index is 13.1. The molecule has 1 heterocycles. The topological polar surface area (TPSA) is 69.7 Å². The summed E-state index contributed by atoms with van der Waals surface area (Å²) in [6.45, 7) is 5.12. The molecule has 1 amide bonds. The number of carbonyl (C=O) groups excluding carboxylic acids is 1. The van der Waals surface area contributed by atoms with Crippen molar-refractivity contribution >= 4 is 44.8 Å². The van der Waals surface area contributed by atoms with E-state index in [2.05, 4.69) is 16.3 Å². The van der Waals surface area contributed by atoms with Gasteiger partial charge in [-0.05, 0) is 61.7 Å². The fourth-order valence-corrected chi connectivity index (χ4v) is 5.80. The molecule has 174 valence electrons. The number of amides is 1. The van der Waals surface area contributed by atoms with Gasteiger partial charge in [-0.3, -0.25) is 14.0 Å². The number of nitrogens with zero attached hydrogens (tertiary/aromatic N) is 2. The lowest BCUT2D eigenvalue weighted by atomic mass is 10.1. The van der Waals surface area contributed by atoms with E-state index in [0.29, 0.717) is 23.0 Å². The van der Waals surface area contributed by atoms with Gasteiger partial charge in [-0.1, -0.05) is 54.4 Å². The van der Waals surface area contributed by atoms with E-state index in [4.69, 9.17) is 23.2 Å². The van der Waals surface area contributed by atoms with Crippen molar-refractivity contribution in [3.63, 3.8) is 0 Å². The number of rotatable bonds is 9. The summed E-state index contributed by atoms with van der Waals surface area (Å²) in [6, 6.07) is 11.6. The highest BCUT2D eigenvalue weighted by Crippen LogP contribution is 2.29. The second-order valence-electron chi connectivity index (χ2n) is 8.08. The summed E-state index contributed by atoms with van der Waals surface area (Å²) in [5.41, 5.74) is 2.46. The van der Waals surface area contributed by atoms with Crippen LogP contribution in [0.15, 0.2) is 42.5 Å². The van der Waals surface area contributed by atoms with Gasteiger partial charge in [0.25, 0.3) is 0 Å². The Labute approximate surface area is 200 Å². The summed E-state index contributed by atoms with van der Waals surface area (Å²) in [6.07, 6.45) is 3.79. The third kappa shape index (κ3) is 6.38. The molecule has 1 atom stereocenters. The molecule has 9 heteroatoms. The van der Waals surface area contributed by atoms with E-state index in [1.165, 1.54) is 36.6 Å². The van der Waals surface area contributed by atoms with Crippen LogP contribution >= 0.6 is 23.2 Å². The maximum Gasteiger partial charge on any atom is 0.244 e. The molecule has 0 bridgehead atoms. The molecule has 6 nitrogen and oxygen atoms in total. The number of hydrogen-bond acceptors (Lipinski definition) is 4. The quantitative estimate of drug-likeness (QED) is 0.555. The number of carbonyl (C=O) groups is 1. The highest BCUT2D eigenvalue weighted by molar-refractivity contribution is 7.92. The van der Waals surface area contributed by atoms with E-state index in [9.17, 15) is 13.2 Å². The minimum Gasteiger partial charge on any atom is -0.350 e. The van der Waals surface area contributed by atoms with Crippen molar-refractivity contribution in [3.8, 4) is 0 Å². The molecular weight excluding hydrogens is 469 g/mol. The molecular formula is C23H29Cl2N3O3S. The van der Waals surface area contributed by atoms with Crippen LogP contribution in [0.5, 0.6) is 0 Å². The van der Waals surface area contributed by atoms with E-state index in [0.717, 1.165) is 35.8 Å². The smallest absolute Gasteiger partial charge is 0.244 e. The molecule has 3 rings (SSSR count). The summed E-state index contributed by atoms with van der Waals surface area (Å²) < 4.78 is 26.4. The van der Waals surface area contributed by atoms with E-state index in [1.807, 2.05) is 18.2 Å². The predicted molar refractivity (Wildman–Crippen MR) is 131 cm³/mol. The zero-order valence-corrected chi connectivity index (χ0v) is 20.7. The number of nitrogens with one attached hydrogen (secondary N) is 1. The first-order valence-corrected chi connectivity index (χ1v) is 13.3. The van der Waals surface area contributed by atoms with Crippen LogP contribution in [-0.2, 0) is 27.9 Å². The van der Waals surface area contributed by atoms with Gasteiger partial charge in [0.1, 0.15) is 6.04 Å². The van der Waals surface area contributed by atoms with Gasteiger partial charge < -0.3 is 5.32 Å². The minimum absolute atomic E-state index is 0.265. The normalized spacial score (nSPS) is 15.5. The number of anilines is 1. The number of hydrogen-bond donors (Lipinski definition) is 1. The average Bonchev–Trinajstić information content (AvgIpc) is 3.22. The van der Waals surface area contributed by atoms with E-state index in [1.54, 1.807) is 6.92 Å². The number of sulfonamides is 1. The molecule has 1 fully saturated rings. The second-order valence-corrected chi connectivity index (χ2v) is 10.8. The molecule has 0 aliphatic carbocycles. The van der Waals surface area contributed by atoms with Crippen LogP contribution in [-0.4, -0.2) is 44.6 Å². The average molecular weight is 498 g/mol. The van der Waals surface area contributed by atoms with Gasteiger partial charge in [0.15, 0.2) is 0 Å². The van der Waals surface area contributed by atoms with Crippen LogP contribution in [0, 0.1) is 0 Å². The lowest BCUT2D eigenvalue weighted by molar-refractivity contribution is -0.122. The maximum absolute atomic E-state index is 13.1. The highest BCUT2D eigenvalue weighted by atomic mass is 35.5. The monoisotopic (exact) mass is 497 g/mol. The molecule has 0 radical (unpaired) electrons. The van der Waals surface area contributed by atoms with Crippen LogP contribution in [0.25, 0.3) is 0 Å². The predicted octanol–water partition coefficient (Wildman–Crippen LogP) is 4.45. The Balaban J connectivity index is 1.79. The summed E-state index contributed by atoms with van der Waals surface area (Å²) in [5, 5.41) is 3.53. The molecule has 32 heavy (non-hydrogen) atoms. The van der Waals surface area contributed by atoms with E-state index in [-0.39, 0.29) is 11.6 Å². The number of benzene rings is 2. The number of likely N-dealkylation sites (tertiary alicyclic amines) is 1. The van der Waals surface area contributed by atoms with Gasteiger partial charge in [-0.25, -0.2) is 8.42 Å². The molecule has 0 saturated carbocycles. The van der Waals surface area contributed by atoms with Crippen molar-refractivity contribution in [1.82, 2.24) is 10.2 Å². The third-order valence-electron chi connectivity index (χ3n) is 5.60. The molecule has 1 aliphatic rings. The van der Waals surface area contributed by atoms with Gasteiger partial charge in [-0.2, -0.15) is 0 Å². The number of halogens is 2. The lowest BCUT2D eigenvalue weighted by Gasteiger charge is -2.30. The van der Waals surface area contributed by atoms with E-state index >= 15 is 0 Å². The first-order chi connectivity index (χ1) is 15.2. The van der Waals surface area contributed by atoms with Crippen molar-refractivity contribution in [2.45, 2.75) is 45.3 Å². The molecule has 0 unspecified atom stereocenters. The van der Waals surface area contributed by atoms with Crippen LogP contribution in [0.3, 0.4) is 0 Å². The molecule has 1 N–H and O–H groups in total.